The molecule has 0 spiro atoms. The van der Waals surface area contributed by atoms with Crippen molar-refractivity contribution in [3.8, 4) is 11.5 Å². The Balaban J connectivity index is 1.66. The lowest BCUT2D eigenvalue weighted by Crippen LogP contribution is -2.15. The molecule has 1 aromatic heterocycles. The van der Waals surface area contributed by atoms with E-state index in [-0.39, 0.29) is 23.9 Å². The average Bonchev–Trinajstić information content (AvgIpc) is 3.12. The van der Waals surface area contributed by atoms with Crippen molar-refractivity contribution in [2.45, 2.75) is 20.3 Å². The van der Waals surface area contributed by atoms with Gasteiger partial charge in [-0.3, -0.25) is 4.79 Å². The maximum Gasteiger partial charge on any atom is 0.387 e. The molecule has 6 nitrogen and oxygen atoms in total. The van der Waals surface area contributed by atoms with Crippen LogP contribution in [0.1, 0.15) is 16.1 Å². The van der Waals surface area contributed by atoms with Gasteiger partial charge in [0.25, 0.3) is 5.91 Å². The Morgan fingerprint density at radius 3 is 2.69 bits per heavy atom. The Hall–Kier alpha value is -2.84. The smallest absolute Gasteiger partial charge is 0.387 e. The summed E-state index contributed by atoms with van der Waals surface area (Å²) in [6.07, 6.45) is 1.53. The Morgan fingerprint density at radius 1 is 1.17 bits per heavy atom. The number of ether oxygens (including phenoxy) is 2. The Labute approximate surface area is 174 Å². The van der Waals surface area contributed by atoms with Crippen molar-refractivity contribution in [3.63, 3.8) is 0 Å². The summed E-state index contributed by atoms with van der Waals surface area (Å²) >= 11 is 11.9. The van der Waals surface area contributed by atoms with E-state index in [0.29, 0.717) is 21.4 Å². The number of carbonyl (C=O) groups is 1. The molecule has 0 radical (unpaired) electrons. The highest BCUT2D eigenvalue weighted by Crippen LogP contribution is 2.29. The summed E-state index contributed by atoms with van der Waals surface area (Å²) in [5.41, 5.74) is 0.889. The molecule has 1 amide bonds. The van der Waals surface area contributed by atoms with Gasteiger partial charge in [-0.25, -0.2) is 4.68 Å². The van der Waals surface area contributed by atoms with E-state index in [1.807, 2.05) is 0 Å². The number of amides is 1. The standard InChI is InChI=1S/C19H15Cl2F2N3O3/c1-11-2-4-14(17(8-11)29-19(22)23)24-18(27)15-6-7-26(25-15)10-28-16-5-3-12(20)9-13(16)21/h2-9,19H,10H2,1H3,(H,24,27). The number of benzene rings is 2. The van der Waals surface area contributed by atoms with Crippen molar-refractivity contribution >= 4 is 34.8 Å². The van der Waals surface area contributed by atoms with Gasteiger partial charge >= 0.3 is 6.61 Å². The molecule has 10 heteroatoms. The van der Waals surface area contributed by atoms with E-state index in [1.165, 1.54) is 29.1 Å². The number of aromatic nitrogens is 2. The molecule has 29 heavy (non-hydrogen) atoms. The third-order valence-corrected chi connectivity index (χ3v) is 4.25. The fraction of sp³-hybridized carbons (Fsp3) is 0.158. The summed E-state index contributed by atoms with van der Waals surface area (Å²) in [5, 5.41) is 7.43. The van der Waals surface area contributed by atoms with Crippen LogP contribution in [0.15, 0.2) is 48.7 Å². The maximum absolute atomic E-state index is 12.6. The number of nitrogens with zero attached hydrogens (tertiary/aromatic N) is 2. The van der Waals surface area contributed by atoms with E-state index >= 15 is 0 Å². The van der Waals surface area contributed by atoms with Gasteiger partial charge in [0.15, 0.2) is 12.4 Å². The average molecular weight is 442 g/mol. The van der Waals surface area contributed by atoms with Crippen LogP contribution in [0.4, 0.5) is 14.5 Å². The number of carbonyl (C=O) groups excluding carboxylic acids is 1. The molecule has 0 atom stereocenters. The summed E-state index contributed by atoms with van der Waals surface area (Å²) < 4.78 is 36.6. The van der Waals surface area contributed by atoms with Gasteiger partial charge in [-0.15, -0.1) is 0 Å². The lowest BCUT2D eigenvalue weighted by atomic mass is 10.2. The summed E-state index contributed by atoms with van der Waals surface area (Å²) in [7, 11) is 0. The lowest BCUT2D eigenvalue weighted by Gasteiger charge is -2.12. The van der Waals surface area contributed by atoms with Crippen molar-refractivity contribution in [2.75, 3.05) is 5.32 Å². The molecule has 1 heterocycles. The van der Waals surface area contributed by atoms with Crippen LogP contribution in [0.25, 0.3) is 0 Å². The predicted octanol–water partition coefficient (Wildman–Crippen LogP) is 5.39. The lowest BCUT2D eigenvalue weighted by molar-refractivity contribution is -0.0494. The molecular formula is C19H15Cl2F2N3O3. The number of nitrogens with one attached hydrogen (secondary N) is 1. The number of hydrogen-bond acceptors (Lipinski definition) is 4. The monoisotopic (exact) mass is 441 g/mol. The highest BCUT2D eigenvalue weighted by Gasteiger charge is 2.15. The minimum absolute atomic E-state index is 0.00108. The first-order chi connectivity index (χ1) is 13.8. The summed E-state index contributed by atoms with van der Waals surface area (Å²) in [5.74, 6) is -0.309. The number of aryl methyl sites for hydroxylation is 1. The van der Waals surface area contributed by atoms with E-state index in [1.54, 1.807) is 31.2 Å². The Morgan fingerprint density at radius 2 is 1.97 bits per heavy atom. The van der Waals surface area contributed by atoms with Gasteiger partial charge in [0.05, 0.1) is 10.7 Å². The minimum Gasteiger partial charge on any atom is -0.470 e. The zero-order chi connectivity index (χ0) is 21.0. The van der Waals surface area contributed by atoms with Gasteiger partial charge < -0.3 is 14.8 Å². The van der Waals surface area contributed by atoms with Crippen LogP contribution in [0.3, 0.4) is 0 Å². The number of halogens is 4. The summed E-state index contributed by atoms with van der Waals surface area (Å²) in [6.45, 7) is -1.29. The predicted molar refractivity (Wildman–Crippen MR) is 105 cm³/mol. The van der Waals surface area contributed by atoms with Crippen molar-refractivity contribution < 1.29 is 23.0 Å². The Kier molecular flexibility index (Phi) is 6.56. The molecular weight excluding hydrogens is 427 g/mol. The second-order valence-corrected chi connectivity index (χ2v) is 6.76. The van der Waals surface area contributed by atoms with Gasteiger partial charge in [0.1, 0.15) is 11.5 Å². The van der Waals surface area contributed by atoms with Crippen LogP contribution >= 0.6 is 23.2 Å². The third kappa shape index (κ3) is 5.58. The number of hydrogen-bond donors (Lipinski definition) is 1. The first kappa shape index (κ1) is 20.9. The molecule has 0 saturated carbocycles. The molecule has 3 rings (SSSR count). The zero-order valence-electron chi connectivity index (χ0n) is 15.0. The van der Waals surface area contributed by atoms with Gasteiger partial charge in [-0.05, 0) is 48.9 Å². The largest absolute Gasteiger partial charge is 0.470 e. The molecule has 0 aliphatic heterocycles. The molecule has 152 valence electrons. The fourth-order valence-corrected chi connectivity index (χ4v) is 2.86. The van der Waals surface area contributed by atoms with Crippen LogP contribution in [-0.2, 0) is 6.73 Å². The van der Waals surface area contributed by atoms with Gasteiger partial charge in [0.2, 0.25) is 0 Å². The fourth-order valence-electron chi connectivity index (χ4n) is 2.40. The molecule has 0 bridgehead atoms. The molecule has 0 fully saturated rings. The molecule has 0 aliphatic carbocycles. The van der Waals surface area contributed by atoms with E-state index in [4.69, 9.17) is 27.9 Å². The SMILES string of the molecule is Cc1ccc(NC(=O)c2ccn(COc3ccc(Cl)cc3Cl)n2)c(OC(F)F)c1. The van der Waals surface area contributed by atoms with Crippen LogP contribution in [0, 0.1) is 6.92 Å². The summed E-state index contributed by atoms with van der Waals surface area (Å²) in [6, 6.07) is 10.8. The normalized spacial score (nSPS) is 10.8. The van der Waals surface area contributed by atoms with Crippen molar-refractivity contribution in [3.05, 3.63) is 70.0 Å². The van der Waals surface area contributed by atoms with E-state index < -0.39 is 12.5 Å². The maximum atomic E-state index is 12.6. The molecule has 1 N–H and O–H groups in total. The van der Waals surface area contributed by atoms with Gasteiger partial charge in [-0.2, -0.15) is 13.9 Å². The minimum atomic E-state index is -3.01. The van der Waals surface area contributed by atoms with Gasteiger partial charge in [-0.1, -0.05) is 29.3 Å². The molecule has 0 aliphatic rings. The molecule has 2 aromatic carbocycles. The molecule has 0 saturated heterocycles. The van der Waals surface area contributed by atoms with Crippen LogP contribution < -0.4 is 14.8 Å². The second kappa shape index (κ2) is 9.11. The van der Waals surface area contributed by atoms with Crippen molar-refractivity contribution in [2.24, 2.45) is 0 Å². The molecule has 0 unspecified atom stereocenters. The second-order valence-electron chi connectivity index (χ2n) is 5.92. The number of anilines is 1. The van der Waals surface area contributed by atoms with Crippen molar-refractivity contribution in [1.29, 1.82) is 0 Å². The number of rotatable bonds is 7. The highest BCUT2D eigenvalue weighted by atomic mass is 35.5. The first-order valence-electron chi connectivity index (χ1n) is 8.30. The quantitative estimate of drug-likeness (QED) is 0.533. The first-order valence-corrected chi connectivity index (χ1v) is 9.05. The topological polar surface area (TPSA) is 65.4 Å². The molecule has 3 aromatic rings. The van der Waals surface area contributed by atoms with Crippen LogP contribution in [0.2, 0.25) is 10.0 Å². The highest BCUT2D eigenvalue weighted by molar-refractivity contribution is 6.35. The van der Waals surface area contributed by atoms with Gasteiger partial charge in [0, 0.05) is 11.2 Å². The van der Waals surface area contributed by atoms with Crippen molar-refractivity contribution in [1.82, 2.24) is 9.78 Å². The number of alkyl halides is 2. The van der Waals surface area contributed by atoms with E-state index in [2.05, 4.69) is 15.2 Å². The van der Waals surface area contributed by atoms with E-state index in [0.717, 1.165) is 0 Å². The van der Waals surface area contributed by atoms with E-state index in [9.17, 15) is 13.6 Å². The Bertz CT molecular complexity index is 1030. The summed E-state index contributed by atoms with van der Waals surface area (Å²) in [4.78, 5) is 12.4. The van der Waals surface area contributed by atoms with Crippen LogP contribution in [-0.4, -0.2) is 22.3 Å². The third-order valence-electron chi connectivity index (χ3n) is 3.72. The van der Waals surface area contributed by atoms with Crippen LogP contribution in [0.5, 0.6) is 11.5 Å². The zero-order valence-corrected chi connectivity index (χ0v) is 16.5.